The van der Waals surface area contributed by atoms with Gasteiger partial charge in [-0.05, 0) is 58.4 Å². The van der Waals surface area contributed by atoms with Gasteiger partial charge in [-0.2, -0.15) is 4.31 Å². The highest BCUT2D eigenvalue weighted by Gasteiger charge is 2.33. The molecule has 0 aliphatic carbocycles. The Bertz CT molecular complexity index is 936. The van der Waals surface area contributed by atoms with Crippen molar-refractivity contribution < 1.29 is 13.2 Å². The number of rotatable bonds is 7. The molecule has 2 heterocycles. The van der Waals surface area contributed by atoms with E-state index in [0.29, 0.717) is 18.8 Å². The first-order valence-electron chi connectivity index (χ1n) is 9.84. The summed E-state index contributed by atoms with van der Waals surface area (Å²) in [6.45, 7) is 8.04. The summed E-state index contributed by atoms with van der Waals surface area (Å²) in [5.41, 5.74) is 0.874. The Morgan fingerprint density at radius 2 is 1.72 bits per heavy atom. The topological polar surface area (TPSA) is 82.6 Å². The molecule has 3 rings (SSSR count). The minimum absolute atomic E-state index is 0.0134. The van der Waals surface area contributed by atoms with Crippen LogP contribution in [0.25, 0.3) is 0 Å². The molecular formula is C21H28N4O3S. The fourth-order valence-electron chi connectivity index (χ4n) is 3.75. The summed E-state index contributed by atoms with van der Waals surface area (Å²) in [6.07, 6.45) is 2.01. The van der Waals surface area contributed by atoms with Crippen LogP contribution >= 0.6 is 0 Å². The van der Waals surface area contributed by atoms with Gasteiger partial charge in [0, 0.05) is 30.5 Å². The Morgan fingerprint density at radius 1 is 1.07 bits per heavy atom. The number of nitrogens with zero attached hydrogens (tertiary/aromatic N) is 3. The van der Waals surface area contributed by atoms with Gasteiger partial charge in [0.2, 0.25) is 15.9 Å². The first-order valence-corrected chi connectivity index (χ1v) is 11.3. The summed E-state index contributed by atoms with van der Waals surface area (Å²) >= 11 is 0. The van der Waals surface area contributed by atoms with Crippen LogP contribution in [-0.4, -0.2) is 48.3 Å². The van der Waals surface area contributed by atoms with Crippen LogP contribution in [0.2, 0.25) is 0 Å². The molecule has 1 N–H and O–H groups in total. The summed E-state index contributed by atoms with van der Waals surface area (Å²) in [6, 6.07) is 12.0. The third kappa shape index (κ3) is 4.43. The average molecular weight is 417 g/mol. The number of pyridine rings is 1. The zero-order valence-corrected chi connectivity index (χ0v) is 18.1. The number of anilines is 2. The second kappa shape index (κ2) is 8.51. The van der Waals surface area contributed by atoms with E-state index in [1.807, 2.05) is 58.0 Å². The second-order valence-electron chi connectivity index (χ2n) is 7.71. The quantitative estimate of drug-likeness (QED) is 0.750. The number of hydrogen-bond acceptors (Lipinski definition) is 5. The molecule has 1 aromatic heterocycles. The van der Waals surface area contributed by atoms with E-state index in [1.54, 1.807) is 11.0 Å². The monoisotopic (exact) mass is 416 g/mol. The Hall–Kier alpha value is -2.45. The largest absolute Gasteiger partial charge is 0.358 e. The molecule has 1 aromatic carbocycles. The van der Waals surface area contributed by atoms with Crippen molar-refractivity contribution in [1.29, 1.82) is 0 Å². The lowest BCUT2D eigenvalue weighted by Gasteiger charge is -2.29. The molecule has 0 bridgehead atoms. The van der Waals surface area contributed by atoms with Crippen molar-refractivity contribution in [1.82, 2.24) is 9.29 Å². The van der Waals surface area contributed by atoms with Crippen LogP contribution in [0.1, 0.15) is 34.1 Å². The molecule has 1 aliphatic rings. The van der Waals surface area contributed by atoms with Gasteiger partial charge < -0.3 is 10.2 Å². The van der Waals surface area contributed by atoms with Crippen LogP contribution in [0.4, 0.5) is 11.5 Å². The second-order valence-corrected chi connectivity index (χ2v) is 9.56. The smallest absolute Gasteiger partial charge is 0.249 e. The third-order valence-corrected chi connectivity index (χ3v) is 7.16. The van der Waals surface area contributed by atoms with Crippen LogP contribution in [0.15, 0.2) is 53.6 Å². The van der Waals surface area contributed by atoms with Gasteiger partial charge in [0.15, 0.2) is 0 Å². The van der Waals surface area contributed by atoms with Crippen molar-refractivity contribution in [3.05, 3.63) is 48.7 Å². The zero-order chi connectivity index (χ0) is 21.2. The van der Waals surface area contributed by atoms with Gasteiger partial charge in [0.05, 0.1) is 0 Å². The van der Waals surface area contributed by atoms with Crippen LogP contribution in [0.3, 0.4) is 0 Å². The lowest BCUT2D eigenvalue weighted by Crippen LogP contribution is -2.41. The van der Waals surface area contributed by atoms with Crippen LogP contribution in [0.5, 0.6) is 0 Å². The molecular weight excluding hydrogens is 388 g/mol. The number of carbonyl (C=O) groups excluding carboxylic acids is 1. The van der Waals surface area contributed by atoms with E-state index < -0.39 is 10.0 Å². The molecule has 0 saturated carbocycles. The van der Waals surface area contributed by atoms with Gasteiger partial charge in [0.25, 0.3) is 0 Å². The number of hydrogen-bond donors (Lipinski definition) is 1. The highest BCUT2D eigenvalue weighted by atomic mass is 32.2. The van der Waals surface area contributed by atoms with Crippen molar-refractivity contribution in [2.45, 2.75) is 57.1 Å². The SMILES string of the molecule is CC(C)N(C(C)C)S(=O)(=O)c1ccc(NC2CCN(c3ccccc3)C2=O)nc1. The number of sulfonamides is 1. The van der Waals surface area contributed by atoms with Crippen LogP contribution in [-0.2, 0) is 14.8 Å². The molecule has 7 nitrogen and oxygen atoms in total. The highest BCUT2D eigenvalue weighted by Crippen LogP contribution is 2.24. The normalized spacial score (nSPS) is 17.6. The molecule has 1 atom stereocenters. The number of para-hydroxylation sites is 1. The zero-order valence-electron chi connectivity index (χ0n) is 17.2. The number of carbonyl (C=O) groups is 1. The van der Waals surface area contributed by atoms with Gasteiger partial charge in [-0.3, -0.25) is 4.79 Å². The Labute approximate surface area is 172 Å². The van der Waals surface area contributed by atoms with E-state index >= 15 is 0 Å². The molecule has 1 aliphatic heterocycles. The summed E-state index contributed by atoms with van der Waals surface area (Å²) in [4.78, 5) is 18.9. The van der Waals surface area contributed by atoms with Crippen molar-refractivity contribution in [3.63, 3.8) is 0 Å². The minimum Gasteiger partial charge on any atom is -0.358 e. The summed E-state index contributed by atoms with van der Waals surface area (Å²) in [5.74, 6) is 0.471. The van der Waals surface area contributed by atoms with E-state index in [9.17, 15) is 13.2 Å². The van der Waals surface area contributed by atoms with E-state index in [1.165, 1.54) is 16.6 Å². The maximum Gasteiger partial charge on any atom is 0.249 e. The molecule has 1 amide bonds. The Kier molecular flexibility index (Phi) is 6.24. The fourth-order valence-corrected chi connectivity index (χ4v) is 5.53. The molecule has 0 radical (unpaired) electrons. The van der Waals surface area contributed by atoms with Gasteiger partial charge in [-0.25, -0.2) is 13.4 Å². The Morgan fingerprint density at radius 3 is 2.28 bits per heavy atom. The lowest BCUT2D eigenvalue weighted by molar-refractivity contribution is -0.117. The molecule has 0 spiro atoms. The fraction of sp³-hybridized carbons (Fsp3) is 0.429. The van der Waals surface area contributed by atoms with Crippen molar-refractivity contribution in [2.24, 2.45) is 0 Å². The number of benzene rings is 1. The summed E-state index contributed by atoms with van der Waals surface area (Å²) in [5, 5.41) is 3.13. The van der Waals surface area contributed by atoms with Crippen molar-refractivity contribution >= 4 is 27.4 Å². The standard InChI is InChI=1S/C21H28N4O3S/c1-15(2)25(16(3)4)29(27,28)18-10-11-20(22-14-18)23-19-12-13-24(21(19)26)17-8-6-5-7-9-17/h5-11,14-16,19H,12-13H2,1-4H3,(H,22,23). The summed E-state index contributed by atoms with van der Waals surface area (Å²) < 4.78 is 27.3. The van der Waals surface area contributed by atoms with Gasteiger partial charge >= 0.3 is 0 Å². The molecule has 1 saturated heterocycles. The van der Waals surface area contributed by atoms with E-state index in [0.717, 1.165) is 5.69 Å². The maximum atomic E-state index is 12.9. The summed E-state index contributed by atoms with van der Waals surface area (Å²) in [7, 11) is -3.63. The highest BCUT2D eigenvalue weighted by molar-refractivity contribution is 7.89. The molecule has 1 fully saturated rings. The van der Waals surface area contributed by atoms with E-state index in [2.05, 4.69) is 10.3 Å². The van der Waals surface area contributed by atoms with E-state index in [-0.39, 0.29) is 28.9 Å². The Balaban J connectivity index is 1.72. The number of aromatic nitrogens is 1. The van der Waals surface area contributed by atoms with Crippen LogP contribution < -0.4 is 10.2 Å². The van der Waals surface area contributed by atoms with Gasteiger partial charge in [-0.1, -0.05) is 18.2 Å². The van der Waals surface area contributed by atoms with Crippen LogP contribution in [0, 0.1) is 0 Å². The average Bonchev–Trinajstić information content (AvgIpc) is 3.02. The minimum atomic E-state index is -3.63. The predicted octanol–water partition coefficient (Wildman–Crippen LogP) is 3.11. The first-order chi connectivity index (χ1) is 13.7. The molecule has 1 unspecified atom stereocenters. The molecule has 8 heteroatoms. The maximum absolute atomic E-state index is 12.9. The van der Waals surface area contributed by atoms with Crippen molar-refractivity contribution in [3.8, 4) is 0 Å². The number of amides is 1. The molecule has 2 aromatic rings. The van der Waals surface area contributed by atoms with Gasteiger partial charge in [0.1, 0.15) is 16.8 Å². The lowest BCUT2D eigenvalue weighted by atomic mass is 10.2. The third-order valence-electron chi connectivity index (χ3n) is 4.93. The predicted molar refractivity (Wildman–Crippen MR) is 114 cm³/mol. The van der Waals surface area contributed by atoms with E-state index in [4.69, 9.17) is 0 Å². The molecule has 29 heavy (non-hydrogen) atoms. The first kappa shape index (κ1) is 21.3. The van der Waals surface area contributed by atoms with Crippen molar-refractivity contribution in [2.75, 3.05) is 16.8 Å². The number of nitrogens with one attached hydrogen (secondary N) is 1. The molecule has 156 valence electrons. The van der Waals surface area contributed by atoms with Gasteiger partial charge in [-0.15, -0.1) is 0 Å².